The minimum atomic E-state index is -2.88. The highest BCUT2D eigenvalue weighted by molar-refractivity contribution is 6.31. The molecule has 0 saturated heterocycles. The van der Waals surface area contributed by atoms with Crippen molar-refractivity contribution in [3.8, 4) is 0 Å². The molecule has 1 rings (SSSR count). The van der Waals surface area contributed by atoms with Crippen LogP contribution in [0, 0.1) is 13.7 Å². The third kappa shape index (κ3) is 1.25. The maximum Gasteiger partial charge on any atom is 0.0639 e. The van der Waals surface area contributed by atoms with Crippen molar-refractivity contribution in [3.05, 3.63) is 34.3 Å². The summed E-state index contributed by atoms with van der Waals surface area (Å²) < 4.78 is 66.0. The number of rotatable bonds is 0. The van der Waals surface area contributed by atoms with Gasteiger partial charge in [-0.3, -0.25) is 0 Å². The van der Waals surface area contributed by atoms with Crippen LogP contribution in [0.2, 0.25) is 5.02 Å². The molecule has 0 unspecified atom stereocenters. The Morgan fingerprint density at radius 3 is 3.11 bits per heavy atom. The second-order valence-electron chi connectivity index (χ2n) is 1.44. The van der Waals surface area contributed by atoms with Crippen molar-refractivity contribution >= 4 is 11.6 Å². The second-order valence-corrected chi connectivity index (χ2v) is 1.82. The molecule has 0 radical (unpaired) electrons. The largest absolute Gasteiger partial charge is 0.0840 e. The minimum Gasteiger partial charge on any atom is -0.0840 e. The molecule has 48 valence electrons. The van der Waals surface area contributed by atoms with E-state index < -0.39 is 48.0 Å². The third-order valence-electron chi connectivity index (χ3n) is 0.829. The molecular formula is C8H9Cl. The first-order valence-electron chi connectivity index (χ1n) is 6.69. The van der Waals surface area contributed by atoms with Crippen molar-refractivity contribution < 1.29 is 12.3 Å². The van der Waals surface area contributed by atoms with Gasteiger partial charge in [0, 0.05) is 13.2 Å². The highest BCUT2D eigenvalue weighted by Crippen LogP contribution is 2.16. The summed E-state index contributed by atoms with van der Waals surface area (Å²) in [5.74, 6) is 0. The smallest absolute Gasteiger partial charge is 0.0639 e. The van der Waals surface area contributed by atoms with E-state index in [2.05, 4.69) is 0 Å². The number of halogens is 1. The summed E-state index contributed by atoms with van der Waals surface area (Å²) in [6.07, 6.45) is 0. The molecule has 0 aliphatic rings. The predicted molar refractivity (Wildman–Crippen MR) is 40.9 cm³/mol. The lowest BCUT2D eigenvalue weighted by molar-refractivity contribution is 1.34. The lowest BCUT2D eigenvalue weighted by Gasteiger charge is -1.98. The Hall–Kier alpha value is -0.490. The Labute approximate surface area is 73.1 Å². The van der Waals surface area contributed by atoms with Gasteiger partial charge in [-0.1, -0.05) is 23.7 Å². The van der Waals surface area contributed by atoms with E-state index in [0.717, 1.165) is 0 Å². The van der Waals surface area contributed by atoms with Gasteiger partial charge in [-0.15, -0.1) is 0 Å². The quantitative estimate of drug-likeness (QED) is 0.532. The van der Waals surface area contributed by atoms with Crippen LogP contribution >= 0.6 is 11.6 Å². The van der Waals surface area contributed by atoms with Crippen molar-refractivity contribution in [3.63, 3.8) is 0 Å². The minimum absolute atomic E-state index is 0.609. The van der Waals surface area contributed by atoms with Gasteiger partial charge in [-0.05, 0) is 30.9 Å². The Kier molecular flexibility index (Phi) is 0.418. The zero-order valence-electron chi connectivity index (χ0n) is 13.4. The maximum absolute atomic E-state index is 7.53. The highest BCUT2D eigenvalue weighted by Gasteiger charge is 1.93. The van der Waals surface area contributed by atoms with Gasteiger partial charge in [-0.25, -0.2) is 0 Å². The average Bonchev–Trinajstić information content (AvgIpc) is 2.16. The Morgan fingerprint density at radius 2 is 2.44 bits per heavy atom. The van der Waals surface area contributed by atoms with Crippen LogP contribution in [0.4, 0.5) is 0 Å². The summed E-state index contributed by atoms with van der Waals surface area (Å²) in [5.41, 5.74) is -1.52. The Balaban J connectivity index is 3.89. The lowest BCUT2D eigenvalue weighted by atomic mass is 10.1. The summed E-state index contributed by atoms with van der Waals surface area (Å²) in [5, 5.41) is -0.609. The molecule has 0 N–H and O–H groups in total. The van der Waals surface area contributed by atoms with Gasteiger partial charge in [-0.2, -0.15) is 0 Å². The van der Waals surface area contributed by atoms with Crippen LogP contribution in [0.3, 0.4) is 0 Å². The van der Waals surface area contributed by atoms with Gasteiger partial charge in [0.2, 0.25) is 0 Å². The average molecular weight is 150 g/mol. The molecule has 1 aromatic carbocycles. The van der Waals surface area contributed by atoms with E-state index in [0.29, 0.717) is 0 Å². The van der Waals surface area contributed by atoms with Crippen molar-refractivity contribution in [2.24, 2.45) is 0 Å². The number of hydrogen-bond donors (Lipinski definition) is 0. The summed E-state index contributed by atoms with van der Waals surface area (Å²) in [6, 6.07) is -2.14. The van der Waals surface area contributed by atoms with E-state index in [1.165, 1.54) is 0 Å². The first kappa shape index (κ1) is 1.57. The van der Waals surface area contributed by atoms with Gasteiger partial charge in [0.05, 0.1) is 4.11 Å². The zero-order chi connectivity index (χ0) is 14.5. The number of hydrogen-bond acceptors (Lipinski definition) is 0. The van der Waals surface area contributed by atoms with Crippen LogP contribution in [0.1, 0.15) is 23.5 Å². The molecule has 0 fully saturated rings. The molecule has 0 nitrogen and oxygen atoms in total. The van der Waals surface area contributed by atoms with E-state index in [1.54, 1.807) is 0 Å². The number of benzene rings is 1. The van der Waals surface area contributed by atoms with Crippen LogP contribution in [-0.2, 0) is 0 Å². The molecule has 1 heteroatoms. The summed E-state index contributed by atoms with van der Waals surface area (Å²) in [7, 11) is 0. The van der Waals surface area contributed by atoms with E-state index in [1.807, 2.05) is 0 Å². The van der Waals surface area contributed by atoms with Gasteiger partial charge < -0.3 is 0 Å². The molecule has 0 aliphatic carbocycles. The topological polar surface area (TPSA) is 0 Å². The van der Waals surface area contributed by atoms with Gasteiger partial charge >= 0.3 is 0 Å². The molecule has 1 aromatic rings. The van der Waals surface area contributed by atoms with E-state index in [-0.39, 0.29) is 0 Å². The van der Waals surface area contributed by atoms with Crippen molar-refractivity contribution in [1.82, 2.24) is 0 Å². The fourth-order valence-corrected chi connectivity index (χ4v) is 0.525. The van der Waals surface area contributed by atoms with Gasteiger partial charge in [0.15, 0.2) is 0 Å². The van der Waals surface area contributed by atoms with Crippen LogP contribution in [0.25, 0.3) is 0 Å². The van der Waals surface area contributed by atoms with E-state index >= 15 is 0 Å². The monoisotopic (exact) mass is 149 g/mol. The predicted octanol–water partition coefficient (Wildman–Crippen LogP) is 2.96. The van der Waals surface area contributed by atoms with Crippen LogP contribution in [-0.4, -0.2) is 0 Å². The Bertz CT molecular complexity index is 440. The zero-order valence-corrected chi connectivity index (χ0v) is 5.13. The molecule has 0 bridgehead atoms. The molecular weight excluding hydrogens is 132 g/mol. The standard InChI is InChI=1S/C8H9Cl/c1-6-4-3-5-8(9)7(6)2/h3-5H,1-2H3/i1D3,2D3,3D,4D,5D. The van der Waals surface area contributed by atoms with E-state index in [9.17, 15) is 0 Å². The molecule has 0 atom stereocenters. The van der Waals surface area contributed by atoms with E-state index in [4.69, 9.17) is 23.9 Å². The first-order valence-corrected chi connectivity index (χ1v) is 2.57. The molecule has 0 heterocycles. The second kappa shape index (κ2) is 2.40. The molecule has 0 amide bonds. The maximum atomic E-state index is 7.53. The molecule has 0 aromatic heterocycles. The molecule has 0 saturated carbocycles. The molecule has 0 aliphatic heterocycles. The first-order chi connectivity index (χ1) is 7.89. The van der Waals surface area contributed by atoms with Crippen molar-refractivity contribution in [2.75, 3.05) is 0 Å². The van der Waals surface area contributed by atoms with Crippen LogP contribution in [0.5, 0.6) is 0 Å². The fourth-order valence-electron chi connectivity index (χ4n) is 0.383. The van der Waals surface area contributed by atoms with Crippen LogP contribution in [0.15, 0.2) is 18.1 Å². The molecule has 9 heavy (non-hydrogen) atoms. The summed E-state index contributed by atoms with van der Waals surface area (Å²) >= 11 is 5.67. The van der Waals surface area contributed by atoms with Gasteiger partial charge in [0.1, 0.15) is 0 Å². The van der Waals surface area contributed by atoms with Crippen LogP contribution < -0.4 is 0 Å². The summed E-state index contributed by atoms with van der Waals surface area (Å²) in [4.78, 5) is 0. The Morgan fingerprint density at radius 1 is 1.56 bits per heavy atom. The normalized spacial score (nSPS) is 27.0. The lowest BCUT2D eigenvalue weighted by Crippen LogP contribution is -1.78. The highest BCUT2D eigenvalue weighted by atomic mass is 35.5. The third-order valence-corrected chi connectivity index (χ3v) is 1.11. The summed E-state index contributed by atoms with van der Waals surface area (Å²) in [6.45, 7) is -5.74. The van der Waals surface area contributed by atoms with Gasteiger partial charge in [0.25, 0.3) is 0 Å². The molecule has 0 spiro atoms. The van der Waals surface area contributed by atoms with Crippen molar-refractivity contribution in [2.45, 2.75) is 13.7 Å². The van der Waals surface area contributed by atoms with Crippen molar-refractivity contribution in [1.29, 1.82) is 0 Å². The SMILES string of the molecule is [2H]c1c([2H])c(Cl)c(C([2H])([2H])[2H])c(C([2H])([2H])[2H])c1[2H]. The fraction of sp³-hybridized carbons (Fsp3) is 0.250.